The third-order valence-electron chi connectivity index (χ3n) is 9.06. The number of rotatable bonds is 10. The van der Waals surface area contributed by atoms with Crippen LogP contribution in [0.15, 0.2) is 54.7 Å². The van der Waals surface area contributed by atoms with E-state index in [1.54, 1.807) is 13.3 Å². The van der Waals surface area contributed by atoms with E-state index in [9.17, 15) is 9.90 Å². The van der Waals surface area contributed by atoms with Crippen molar-refractivity contribution in [3.8, 4) is 22.8 Å². The number of ether oxygens (including phenoxy) is 2. The van der Waals surface area contributed by atoms with Gasteiger partial charge in [-0.25, -0.2) is 4.98 Å². The molecule has 0 saturated heterocycles. The molecule has 2 aromatic carbocycles. The molecular weight excluding hydrogens is 524 g/mol. The second kappa shape index (κ2) is 12.1. The van der Waals surface area contributed by atoms with Crippen LogP contribution in [-0.2, 0) is 17.8 Å². The van der Waals surface area contributed by atoms with Crippen LogP contribution in [0.1, 0.15) is 95.1 Å². The Balaban J connectivity index is 1.49. The number of pyridine rings is 1. The van der Waals surface area contributed by atoms with Gasteiger partial charge in [-0.2, -0.15) is 0 Å². The molecule has 1 saturated carbocycles. The molecule has 3 atom stereocenters. The number of carbonyl (C=O) groups is 1. The van der Waals surface area contributed by atoms with Crippen molar-refractivity contribution in [3.05, 3.63) is 77.0 Å². The molecule has 1 fully saturated rings. The van der Waals surface area contributed by atoms with Crippen LogP contribution < -0.4 is 9.47 Å². The van der Waals surface area contributed by atoms with Crippen LogP contribution in [0.4, 0.5) is 0 Å². The van der Waals surface area contributed by atoms with Crippen molar-refractivity contribution in [1.29, 1.82) is 0 Å². The maximum atomic E-state index is 11.9. The topological polar surface area (TPSA) is 71.9 Å². The summed E-state index contributed by atoms with van der Waals surface area (Å²) in [6.45, 7) is 14.0. The summed E-state index contributed by atoms with van der Waals surface area (Å²) in [7, 11) is 1.65. The highest BCUT2D eigenvalue weighted by Crippen LogP contribution is 2.48. The van der Waals surface area contributed by atoms with Crippen molar-refractivity contribution >= 4 is 5.97 Å². The van der Waals surface area contributed by atoms with Crippen LogP contribution in [0.2, 0.25) is 0 Å². The highest BCUT2D eigenvalue weighted by atomic mass is 16.5. The maximum Gasteiger partial charge on any atom is 0.306 e. The number of methoxy groups -OCH3 is 1. The minimum atomic E-state index is -0.728. The molecule has 6 nitrogen and oxygen atoms in total. The van der Waals surface area contributed by atoms with E-state index in [-0.39, 0.29) is 17.6 Å². The lowest BCUT2D eigenvalue weighted by Gasteiger charge is -2.39. The van der Waals surface area contributed by atoms with Gasteiger partial charge in [0.25, 0.3) is 0 Å². The predicted octanol–water partition coefficient (Wildman–Crippen LogP) is 8.05. The number of hydrogen-bond acceptors (Lipinski definition) is 5. The van der Waals surface area contributed by atoms with Crippen molar-refractivity contribution in [2.45, 2.75) is 97.4 Å². The summed E-state index contributed by atoms with van der Waals surface area (Å²) in [4.78, 5) is 18.8. The van der Waals surface area contributed by atoms with Crippen LogP contribution in [0.25, 0.3) is 11.1 Å². The first-order chi connectivity index (χ1) is 20.0. The lowest BCUT2D eigenvalue weighted by atomic mass is 9.82. The van der Waals surface area contributed by atoms with Gasteiger partial charge < -0.3 is 14.6 Å². The molecule has 1 aromatic heterocycles. The van der Waals surface area contributed by atoms with Gasteiger partial charge in [-0.15, -0.1) is 0 Å². The molecule has 0 bridgehead atoms. The van der Waals surface area contributed by atoms with Crippen LogP contribution in [0.5, 0.6) is 11.6 Å². The van der Waals surface area contributed by atoms with Gasteiger partial charge in [0.1, 0.15) is 11.9 Å². The zero-order valence-corrected chi connectivity index (χ0v) is 26.2. The second-order valence-electron chi connectivity index (χ2n) is 13.4. The summed E-state index contributed by atoms with van der Waals surface area (Å²) in [5, 5.41) is 9.78. The van der Waals surface area contributed by atoms with E-state index in [1.165, 1.54) is 22.3 Å². The highest BCUT2D eigenvalue weighted by molar-refractivity contribution is 5.71. The summed E-state index contributed by atoms with van der Waals surface area (Å²) in [6.07, 6.45) is 5.77. The van der Waals surface area contributed by atoms with Crippen molar-refractivity contribution in [1.82, 2.24) is 9.88 Å². The van der Waals surface area contributed by atoms with Crippen molar-refractivity contribution in [3.63, 3.8) is 0 Å². The molecule has 224 valence electrons. The van der Waals surface area contributed by atoms with E-state index in [1.807, 2.05) is 19.1 Å². The number of benzene rings is 2. The van der Waals surface area contributed by atoms with E-state index >= 15 is 0 Å². The molecule has 2 heterocycles. The third-order valence-corrected chi connectivity index (χ3v) is 9.06. The largest absolute Gasteiger partial charge is 0.485 e. The normalized spacial score (nSPS) is 18.4. The van der Waals surface area contributed by atoms with Crippen LogP contribution in [0, 0.1) is 11.8 Å². The van der Waals surface area contributed by atoms with Crippen molar-refractivity contribution < 1.29 is 19.4 Å². The SMILES string of the molecule is COc1cc(-c2ccc(C3CCc4ccc([C@H](C5CC5)[C@H](C)C(=O)O)cc4O3)cc2CN(C(C)C)C(C)(C)C)ccn1. The molecule has 1 aliphatic carbocycles. The lowest BCUT2D eigenvalue weighted by molar-refractivity contribution is -0.142. The Morgan fingerprint density at radius 2 is 1.83 bits per heavy atom. The summed E-state index contributed by atoms with van der Waals surface area (Å²) in [6, 6.07) is 17.6. The maximum absolute atomic E-state index is 11.9. The molecule has 42 heavy (non-hydrogen) atoms. The van der Waals surface area contributed by atoms with Crippen LogP contribution >= 0.6 is 0 Å². The Morgan fingerprint density at radius 1 is 1.07 bits per heavy atom. The zero-order chi connectivity index (χ0) is 30.2. The molecule has 2 aliphatic rings. The molecule has 0 radical (unpaired) electrons. The Kier molecular flexibility index (Phi) is 8.66. The average molecular weight is 571 g/mol. The Hall–Kier alpha value is -3.38. The van der Waals surface area contributed by atoms with Gasteiger partial charge in [0.05, 0.1) is 13.0 Å². The number of aliphatic carboxylic acids is 1. The average Bonchev–Trinajstić information content (AvgIpc) is 3.80. The van der Waals surface area contributed by atoms with E-state index in [0.717, 1.165) is 49.1 Å². The Labute approximate surface area is 251 Å². The fraction of sp³-hybridized carbons (Fsp3) is 0.500. The first-order valence-corrected chi connectivity index (χ1v) is 15.4. The van der Waals surface area contributed by atoms with E-state index in [4.69, 9.17) is 9.47 Å². The Morgan fingerprint density at radius 3 is 2.48 bits per heavy atom. The van der Waals surface area contributed by atoms with Gasteiger partial charge >= 0.3 is 5.97 Å². The number of carboxylic acids is 1. The molecule has 1 aliphatic heterocycles. The molecular formula is C36H46N2O4. The molecule has 0 amide bonds. The Bertz CT molecular complexity index is 1420. The van der Waals surface area contributed by atoms with Crippen LogP contribution in [-0.4, -0.2) is 39.7 Å². The molecule has 1 N–H and O–H groups in total. The van der Waals surface area contributed by atoms with Gasteiger partial charge in [0, 0.05) is 30.4 Å². The minimum absolute atomic E-state index is 0.000753. The number of carboxylic acid groups (broad SMARTS) is 1. The van der Waals surface area contributed by atoms with Crippen LogP contribution in [0.3, 0.4) is 0 Å². The fourth-order valence-corrected chi connectivity index (χ4v) is 6.70. The van der Waals surface area contributed by atoms with Gasteiger partial charge in [-0.05, 0) is 118 Å². The molecule has 0 spiro atoms. The van der Waals surface area contributed by atoms with E-state index < -0.39 is 11.9 Å². The predicted molar refractivity (Wildman–Crippen MR) is 167 cm³/mol. The minimum Gasteiger partial charge on any atom is -0.485 e. The fourth-order valence-electron chi connectivity index (χ4n) is 6.70. The molecule has 5 rings (SSSR count). The molecule has 1 unspecified atom stereocenters. The van der Waals surface area contributed by atoms with Crippen molar-refractivity contribution in [2.75, 3.05) is 7.11 Å². The quantitative estimate of drug-likeness (QED) is 0.266. The van der Waals surface area contributed by atoms with Gasteiger partial charge in [-0.1, -0.05) is 37.3 Å². The number of aromatic nitrogens is 1. The van der Waals surface area contributed by atoms with E-state index in [2.05, 4.69) is 80.9 Å². The number of nitrogens with zero attached hydrogens (tertiary/aromatic N) is 2. The first kappa shape index (κ1) is 30.1. The number of aryl methyl sites for hydroxylation is 1. The lowest BCUT2D eigenvalue weighted by Crippen LogP contribution is -2.45. The number of fused-ring (bicyclic) bond motifs is 1. The van der Waals surface area contributed by atoms with Gasteiger partial charge in [0.15, 0.2) is 0 Å². The summed E-state index contributed by atoms with van der Waals surface area (Å²) in [5.41, 5.74) is 6.96. The summed E-state index contributed by atoms with van der Waals surface area (Å²) in [5.74, 6) is 0.831. The standard InChI is InChI=1S/C36H46N2O4/c1-22(2)38(36(4,5)6)21-29-18-27(12-14-30(29)26-16-17-37-33(20-26)41-7)31-15-13-24-8-11-28(19-32(24)42-31)34(25-9-10-25)23(3)35(39)40/h8,11-12,14,16-20,22-23,25,31,34H,9-10,13,15,21H2,1-7H3,(H,39,40)/t23-,31?,34-/m0/s1. The first-order valence-electron chi connectivity index (χ1n) is 15.4. The monoisotopic (exact) mass is 570 g/mol. The van der Waals surface area contributed by atoms with Gasteiger partial charge in [0.2, 0.25) is 5.88 Å². The molecule has 3 aromatic rings. The third kappa shape index (κ3) is 6.49. The summed E-state index contributed by atoms with van der Waals surface area (Å²) >= 11 is 0. The smallest absolute Gasteiger partial charge is 0.306 e. The second-order valence-corrected chi connectivity index (χ2v) is 13.4. The van der Waals surface area contributed by atoms with Gasteiger partial charge in [-0.3, -0.25) is 9.69 Å². The summed E-state index contributed by atoms with van der Waals surface area (Å²) < 4.78 is 12.2. The van der Waals surface area contributed by atoms with Crippen molar-refractivity contribution in [2.24, 2.45) is 11.8 Å². The zero-order valence-electron chi connectivity index (χ0n) is 26.2. The van der Waals surface area contributed by atoms with E-state index in [0.29, 0.717) is 17.8 Å². The molecule has 6 heteroatoms. The number of hydrogen-bond donors (Lipinski definition) is 1. The highest BCUT2D eigenvalue weighted by Gasteiger charge is 2.39.